The highest BCUT2D eigenvalue weighted by molar-refractivity contribution is 4.95. The van der Waals surface area contributed by atoms with Crippen molar-refractivity contribution in [2.45, 2.75) is 37.9 Å². The standard InChI is InChI=1S/C8H15N3/c1-6(5-9)11(2)8-3-7(10)4-8/h6-8H,3-4,10H2,1-2H3. The highest BCUT2D eigenvalue weighted by atomic mass is 15.2. The van der Waals surface area contributed by atoms with E-state index in [-0.39, 0.29) is 6.04 Å². The van der Waals surface area contributed by atoms with Crippen LogP contribution in [0.1, 0.15) is 19.8 Å². The van der Waals surface area contributed by atoms with Crippen molar-refractivity contribution in [3.8, 4) is 6.07 Å². The van der Waals surface area contributed by atoms with E-state index in [9.17, 15) is 0 Å². The van der Waals surface area contributed by atoms with Crippen molar-refractivity contribution in [2.24, 2.45) is 5.73 Å². The number of rotatable bonds is 2. The third-order valence-electron chi connectivity index (χ3n) is 2.52. The van der Waals surface area contributed by atoms with E-state index in [2.05, 4.69) is 11.0 Å². The molecular weight excluding hydrogens is 138 g/mol. The van der Waals surface area contributed by atoms with Gasteiger partial charge < -0.3 is 5.73 Å². The second-order valence-corrected chi connectivity index (χ2v) is 3.36. The van der Waals surface area contributed by atoms with Crippen molar-refractivity contribution >= 4 is 0 Å². The Kier molecular flexibility index (Phi) is 2.48. The molecule has 0 aliphatic heterocycles. The van der Waals surface area contributed by atoms with E-state index in [0.29, 0.717) is 12.1 Å². The average molecular weight is 153 g/mol. The average Bonchev–Trinajstić information content (AvgIpc) is 1.96. The molecule has 0 radical (unpaired) electrons. The van der Waals surface area contributed by atoms with Crippen molar-refractivity contribution in [1.82, 2.24) is 4.90 Å². The smallest absolute Gasteiger partial charge is 0.0949 e. The molecule has 0 saturated heterocycles. The van der Waals surface area contributed by atoms with Gasteiger partial charge in [-0.2, -0.15) is 5.26 Å². The normalized spacial score (nSPS) is 32.6. The van der Waals surface area contributed by atoms with E-state index >= 15 is 0 Å². The summed E-state index contributed by atoms with van der Waals surface area (Å²) < 4.78 is 0. The van der Waals surface area contributed by atoms with E-state index in [1.54, 1.807) is 0 Å². The molecule has 1 aliphatic rings. The molecule has 11 heavy (non-hydrogen) atoms. The molecule has 62 valence electrons. The summed E-state index contributed by atoms with van der Waals surface area (Å²) >= 11 is 0. The first kappa shape index (κ1) is 8.51. The van der Waals surface area contributed by atoms with Crippen LogP contribution in [0.3, 0.4) is 0 Å². The van der Waals surface area contributed by atoms with E-state index in [4.69, 9.17) is 11.0 Å². The molecule has 1 rings (SSSR count). The summed E-state index contributed by atoms with van der Waals surface area (Å²) in [5, 5.41) is 8.62. The fourth-order valence-corrected chi connectivity index (χ4v) is 1.37. The lowest BCUT2D eigenvalue weighted by Crippen LogP contribution is -2.51. The summed E-state index contributed by atoms with van der Waals surface area (Å²) in [6.07, 6.45) is 2.09. The van der Waals surface area contributed by atoms with Crippen molar-refractivity contribution in [2.75, 3.05) is 7.05 Å². The maximum Gasteiger partial charge on any atom is 0.0949 e. The molecule has 1 fully saturated rings. The number of nitriles is 1. The SMILES string of the molecule is CC(C#N)N(C)C1CC(N)C1. The largest absolute Gasteiger partial charge is 0.328 e. The molecule has 0 aromatic carbocycles. The molecule has 0 aromatic rings. The van der Waals surface area contributed by atoms with E-state index < -0.39 is 0 Å². The van der Waals surface area contributed by atoms with Crippen LogP contribution in [-0.4, -0.2) is 30.1 Å². The first-order valence-electron chi connectivity index (χ1n) is 4.02. The van der Waals surface area contributed by atoms with E-state index in [1.807, 2.05) is 14.0 Å². The fraction of sp³-hybridized carbons (Fsp3) is 0.875. The summed E-state index contributed by atoms with van der Waals surface area (Å²) in [4.78, 5) is 2.10. The molecule has 2 N–H and O–H groups in total. The monoisotopic (exact) mass is 153 g/mol. The van der Waals surface area contributed by atoms with E-state index in [1.165, 1.54) is 0 Å². The molecule has 3 heteroatoms. The Balaban J connectivity index is 2.32. The van der Waals surface area contributed by atoms with Crippen molar-refractivity contribution in [3.63, 3.8) is 0 Å². The topological polar surface area (TPSA) is 53.0 Å². The van der Waals surface area contributed by atoms with Gasteiger partial charge in [-0.1, -0.05) is 0 Å². The van der Waals surface area contributed by atoms with Gasteiger partial charge in [-0.15, -0.1) is 0 Å². The van der Waals surface area contributed by atoms with Crippen LogP contribution in [0.2, 0.25) is 0 Å². The zero-order valence-corrected chi connectivity index (χ0v) is 7.12. The van der Waals surface area contributed by atoms with Crippen molar-refractivity contribution in [3.05, 3.63) is 0 Å². The molecule has 0 aromatic heterocycles. The third-order valence-corrected chi connectivity index (χ3v) is 2.52. The van der Waals surface area contributed by atoms with Gasteiger partial charge in [-0.25, -0.2) is 0 Å². The summed E-state index contributed by atoms with van der Waals surface area (Å²) in [7, 11) is 1.99. The highest BCUT2D eigenvalue weighted by Gasteiger charge is 2.31. The highest BCUT2D eigenvalue weighted by Crippen LogP contribution is 2.23. The predicted octanol–water partition coefficient (Wildman–Crippen LogP) is 0.320. The van der Waals surface area contributed by atoms with Gasteiger partial charge in [0.1, 0.15) is 0 Å². The molecule has 3 nitrogen and oxygen atoms in total. The van der Waals surface area contributed by atoms with Crippen LogP contribution in [0, 0.1) is 11.3 Å². The summed E-state index contributed by atoms with van der Waals surface area (Å²) in [5.74, 6) is 0. The molecule has 1 atom stereocenters. The van der Waals surface area contributed by atoms with Gasteiger partial charge in [-0.05, 0) is 26.8 Å². The first-order chi connectivity index (χ1) is 5.15. The summed E-state index contributed by atoms with van der Waals surface area (Å²) in [5.41, 5.74) is 5.64. The second-order valence-electron chi connectivity index (χ2n) is 3.36. The molecule has 0 spiro atoms. The van der Waals surface area contributed by atoms with Crippen LogP contribution in [0.25, 0.3) is 0 Å². The molecule has 1 unspecified atom stereocenters. The summed E-state index contributed by atoms with van der Waals surface area (Å²) in [6, 6.07) is 3.14. The zero-order chi connectivity index (χ0) is 8.43. The lowest BCUT2D eigenvalue weighted by molar-refractivity contribution is 0.123. The van der Waals surface area contributed by atoms with Crippen molar-refractivity contribution in [1.29, 1.82) is 5.26 Å². The number of nitrogens with two attached hydrogens (primary N) is 1. The minimum atomic E-state index is 0.0208. The Morgan fingerprint density at radius 1 is 1.64 bits per heavy atom. The molecule has 0 bridgehead atoms. The van der Waals surface area contributed by atoms with Crippen LogP contribution < -0.4 is 5.73 Å². The quantitative estimate of drug-likeness (QED) is 0.621. The molecular formula is C8H15N3. The van der Waals surface area contributed by atoms with Gasteiger partial charge in [0.2, 0.25) is 0 Å². The maximum absolute atomic E-state index is 8.62. The molecule has 0 heterocycles. The van der Waals surface area contributed by atoms with Crippen LogP contribution in [0.15, 0.2) is 0 Å². The van der Waals surface area contributed by atoms with Crippen LogP contribution >= 0.6 is 0 Å². The summed E-state index contributed by atoms with van der Waals surface area (Å²) in [6.45, 7) is 1.92. The maximum atomic E-state index is 8.62. The zero-order valence-electron chi connectivity index (χ0n) is 7.12. The fourth-order valence-electron chi connectivity index (χ4n) is 1.37. The minimum absolute atomic E-state index is 0.0208. The Morgan fingerprint density at radius 2 is 2.18 bits per heavy atom. The minimum Gasteiger partial charge on any atom is -0.328 e. The molecule has 0 amide bonds. The lowest BCUT2D eigenvalue weighted by atomic mass is 9.86. The Bertz CT molecular complexity index is 167. The van der Waals surface area contributed by atoms with Crippen LogP contribution in [0.4, 0.5) is 0 Å². The Hall–Kier alpha value is -0.590. The predicted molar refractivity (Wildman–Crippen MR) is 43.8 cm³/mol. The lowest BCUT2D eigenvalue weighted by Gasteiger charge is -2.40. The van der Waals surface area contributed by atoms with Gasteiger partial charge in [0.05, 0.1) is 12.1 Å². The Morgan fingerprint density at radius 3 is 2.55 bits per heavy atom. The van der Waals surface area contributed by atoms with Gasteiger partial charge >= 0.3 is 0 Å². The molecule has 1 saturated carbocycles. The van der Waals surface area contributed by atoms with Crippen LogP contribution in [-0.2, 0) is 0 Å². The number of hydrogen-bond donors (Lipinski definition) is 1. The van der Waals surface area contributed by atoms with Gasteiger partial charge in [0.25, 0.3) is 0 Å². The van der Waals surface area contributed by atoms with E-state index in [0.717, 1.165) is 12.8 Å². The van der Waals surface area contributed by atoms with Gasteiger partial charge in [-0.3, -0.25) is 4.90 Å². The van der Waals surface area contributed by atoms with Crippen LogP contribution in [0.5, 0.6) is 0 Å². The third kappa shape index (κ3) is 1.70. The number of nitrogens with zero attached hydrogens (tertiary/aromatic N) is 2. The number of hydrogen-bond acceptors (Lipinski definition) is 3. The van der Waals surface area contributed by atoms with Crippen molar-refractivity contribution < 1.29 is 0 Å². The second kappa shape index (κ2) is 3.21. The first-order valence-corrected chi connectivity index (χ1v) is 4.02. The Labute approximate surface area is 67.8 Å². The van der Waals surface area contributed by atoms with Gasteiger partial charge in [0, 0.05) is 12.1 Å². The van der Waals surface area contributed by atoms with Gasteiger partial charge in [0.15, 0.2) is 0 Å². The molecule has 1 aliphatic carbocycles.